The van der Waals surface area contributed by atoms with E-state index in [0.29, 0.717) is 24.2 Å². The quantitative estimate of drug-likeness (QED) is 0.837. The van der Waals surface area contributed by atoms with Crippen molar-refractivity contribution in [2.24, 2.45) is 0 Å². The standard InChI is InChI=1S/C17H18ClFN4O2/c18-12-9-11(3-4-13(12)19)10-22-17(25)23-14(5-6-15(23)20-22)16(24)21-7-1-2-8-21/h3-4,9,14H,1-2,5-8,10H2/t14-/m0/s1. The lowest BCUT2D eigenvalue weighted by Crippen LogP contribution is -2.38. The van der Waals surface area contributed by atoms with Crippen LogP contribution in [0.3, 0.4) is 0 Å². The summed E-state index contributed by atoms with van der Waals surface area (Å²) < 4.78 is 16.1. The maximum Gasteiger partial charge on any atom is 0.346 e. The molecule has 2 aromatic rings. The fraction of sp³-hybridized carbons (Fsp3) is 0.471. The molecule has 0 N–H and O–H groups in total. The molecule has 6 nitrogen and oxygen atoms in total. The average molecular weight is 365 g/mol. The second kappa shape index (κ2) is 6.29. The van der Waals surface area contributed by atoms with Gasteiger partial charge in [-0.25, -0.2) is 13.9 Å². The van der Waals surface area contributed by atoms with Gasteiger partial charge in [-0.1, -0.05) is 17.7 Å². The Hall–Kier alpha value is -2.15. The highest BCUT2D eigenvalue weighted by molar-refractivity contribution is 6.30. The van der Waals surface area contributed by atoms with Crippen molar-refractivity contribution in [3.8, 4) is 0 Å². The van der Waals surface area contributed by atoms with E-state index in [1.165, 1.54) is 21.4 Å². The Bertz CT molecular complexity index is 885. The van der Waals surface area contributed by atoms with Crippen LogP contribution in [0.4, 0.5) is 4.39 Å². The zero-order chi connectivity index (χ0) is 17.6. The van der Waals surface area contributed by atoms with Gasteiger partial charge in [0.2, 0.25) is 5.91 Å². The van der Waals surface area contributed by atoms with Gasteiger partial charge in [0.15, 0.2) is 0 Å². The van der Waals surface area contributed by atoms with Crippen molar-refractivity contribution in [1.29, 1.82) is 0 Å². The van der Waals surface area contributed by atoms with Gasteiger partial charge < -0.3 is 4.90 Å². The minimum Gasteiger partial charge on any atom is -0.341 e. The lowest BCUT2D eigenvalue weighted by molar-refractivity contribution is -0.133. The molecule has 1 amide bonds. The van der Waals surface area contributed by atoms with Crippen molar-refractivity contribution in [2.75, 3.05) is 13.1 Å². The van der Waals surface area contributed by atoms with Crippen LogP contribution in [0.15, 0.2) is 23.0 Å². The lowest BCUT2D eigenvalue weighted by Gasteiger charge is -2.20. The molecule has 132 valence electrons. The smallest absolute Gasteiger partial charge is 0.341 e. The van der Waals surface area contributed by atoms with E-state index >= 15 is 0 Å². The fourth-order valence-corrected chi connectivity index (χ4v) is 3.84. The van der Waals surface area contributed by atoms with Gasteiger partial charge in [0, 0.05) is 19.5 Å². The number of likely N-dealkylation sites (tertiary alicyclic amines) is 1. The van der Waals surface area contributed by atoms with E-state index in [9.17, 15) is 14.0 Å². The van der Waals surface area contributed by atoms with E-state index in [4.69, 9.17) is 11.6 Å². The van der Waals surface area contributed by atoms with Crippen molar-refractivity contribution in [3.05, 3.63) is 50.9 Å². The van der Waals surface area contributed by atoms with Crippen molar-refractivity contribution >= 4 is 17.5 Å². The van der Waals surface area contributed by atoms with E-state index < -0.39 is 11.9 Å². The third kappa shape index (κ3) is 2.86. The number of aryl methyl sites for hydroxylation is 1. The Labute approximate surface area is 148 Å². The third-order valence-corrected chi connectivity index (χ3v) is 5.20. The molecule has 0 saturated carbocycles. The van der Waals surface area contributed by atoms with Crippen LogP contribution < -0.4 is 5.69 Å². The van der Waals surface area contributed by atoms with Gasteiger partial charge in [-0.05, 0) is 37.0 Å². The minimum absolute atomic E-state index is 0.0133. The molecule has 2 aliphatic rings. The Balaban J connectivity index is 1.61. The Morgan fingerprint density at radius 3 is 2.80 bits per heavy atom. The van der Waals surface area contributed by atoms with Gasteiger partial charge >= 0.3 is 5.69 Å². The highest BCUT2D eigenvalue weighted by atomic mass is 35.5. The second-order valence-electron chi connectivity index (χ2n) is 6.56. The number of rotatable bonds is 3. The molecule has 1 aromatic heterocycles. The van der Waals surface area contributed by atoms with E-state index in [2.05, 4.69) is 5.10 Å². The summed E-state index contributed by atoms with van der Waals surface area (Å²) in [6.45, 7) is 1.73. The molecular weight excluding hydrogens is 347 g/mol. The van der Waals surface area contributed by atoms with Crippen LogP contribution in [0, 0.1) is 5.82 Å². The molecule has 3 heterocycles. The molecule has 0 radical (unpaired) electrons. The maximum atomic E-state index is 13.3. The van der Waals surface area contributed by atoms with Crippen LogP contribution in [0.1, 0.15) is 36.7 Å². The summed E-state index contributed by atoms with van der Waals surface area (Å²) in [6, 6.07) is 3.88. The summed E-state index contributed by atoms with van der Waals surface area (Å²) in [5.41, 5.74) is 0.387. The van der Waals surface area contributed by atoms with Crippen LogP contribution >= 0.6 is 11.6 Å². The summed E-state index contributed by atoms with van der Waals surface area (Å²) in [5, 5.41) is 4.37. The first-order valence-electron chi connectivity index (χ1n) is 8.45. The largest absolute Gasteiger partial charge is 0.346 e. The predicted molar refractivity (Wildman–Crippen MR) is 90.2 cm³/mol. The van der Waals surface area contributed by atoms with Crippen molar-refractivity contribution < 1.29 is 9.18 Å². The van der Waals surface area contributed by atoms with Gasteiger partial charge in [0.1, 0.15) is 17.7 Å². The fourth-order valence-electron chi connectivity index (χ4n) is 3.64. The molecule has 0 spiro atoms. The zero-order valence-corrected chi connectivity index (χ0v) is 14.4. The molecule has 1 atom stereocenters. The van der Waals surface area contributed by atoms with Gasteiger partial charge in [-0.2, -0.15) is 5.10 Å². The number of fused-ring (bicyclic) bond motifs is 1. The third-order valence-electron chi connectivity index (χ3n) is 4.91. The van der Waals surface area contributed by atoms with E-state index in [0.717, 1.165) is 25.9 Å². The van der Waals surface area contributed by atoms with E-state index in [1.807, 2.05) is 4.90 Å². The SMILES string of the molecule is O=C([C@@H]1CCc2nn(Cc3ccc(F)c(Cl)c3)c(=O)n21)N1CCCC1. The average Bonchev–Trinajstić information content (AvgIpc) is 3.30. The molecule has 25 heavy (non-hydrogen) atoms. The van der Waals surface area contributed by atoms with Gasteiger partial charge in [0.25, 0.3) is 0 Å². The number of hydrogen-bond acceptors (Lipinski definition) is 3. The Morgan fingerprint density at radius 2 is 2.08 bits per heavy atom. The number of amides is 1. The Kier molecular flexibility index (Phi) is 4.11. The number of aromatic nitrogens is 3. The number of benzene rings is 1. The molecule has 0 unspecified atom stereocenters. The number of halogens is 2. The zero-order valence-electron chi connectivity index (χ0n) is 13.6. The normalized spacial score (nSPS) is 19.4. The first-order valence-corrected chi connectivity index (χ1v) is 8.83. The minimum atomic E-state index is -0.499. The molecule has 4 rings (SSSR count). The highest BCUT2D eigenvalue weighted by Crippen LogP contribution is 2.26. The number of carbonyl (C=O) groups is 1. The molecule has 1 fully saturated rings. The van der Waals surface area contributed by atoms with Crippen LogP contribution in [0.25, 0.3) is 0 Å². The van der Waals surface area contributed by atoms with E-state index in [-0.39, 0.29) is 23.2 Å². The lowest BCUT2D eigenvalue weighted by atomic mass is 10.2. The molecule has 1 aromatic carbocycles. The second-order valence-corrected chi connectivity index (χ2v) is 6.97. The molecule has 2 aliphatic heterocycles. The maximum absolute atomic E-state index is 13.3. The molecule has 0 aliphatic carbocycles. The van der Waals surface area contributed by atoms with Gasteiger partial charge in [0.05, 0.1) is 11.6 Å². The van der Waals surface area contributed by atoms with Crippen LogP contribution in [0.2, 0.25) is 5.02 Å². The molecular formula is C17H18ClFN4O2. The molecule has 1 saturated heterocycles. The Morgan fingerprint density at radius 1 is 1.32 bits per heavy atom. The topological polar surface area (TPSA) is 60.1 Å². The molecule has 0 bridgehead atoms. The van der Waals surface area contributed by atoms with Gasteiger partial charge in [-0.3, -0.25) is 9.36 Å². The van der Waals surface area contributed by atoms with Crippen LogP contribution in [0.5, 0.6) is 0 Å². The number of hydrogen-bond donors (Lipinski definition) is 0. The summed E-state index contributed by atoms with van der Waals surface area (Å²) in [5.74, 6) is 0.153. The predicted octanol–water partition coefficient (Wildman–Crippen LogP) is 2.00. The number of nitrogens with zero attached hydrogens (tertiary/aromatic N) is 4. The van der Waals surface area contributed by atoms with Crippen molar-refractivity contribution in [1.82, 2.24) is 19.2 Å². The summed E-state index contributed by atoms with van der Waals surface area (Å²) in [4.78, 5) is 27.3. The first-order chi connectivity index (χ1) is 12.0. The monoisotopic (exact) mass is 364 g/mol. The van der Waals surface area contributed by atoms with Crippen LogP contribution in [-0.4, -0.2) is 38.2 Å². The summed E-state index contributed by atoms with van der Waals surface area (Å²) >= 11 is 5.79. The first kappa shape index (κ1) is 16.3. The van der Waals surface area contributed by atoms with Crippen molar-refractivity contribution in [2.45, 2.75) is 38.3 Å². The highest BCUT2D eigenvalue weighted by Gasteiger charge is 2.36. The molecule has 8 heteroatoms. The van der Waals surface area contributed by atoms with Crippen molar-refractivity contribution in [3.63, 3.8) is 0 Å². The number of carbonyl (C=O) groups excluding carboxylic acids is 1. The van der Waals surface area contributed by atoms with E-state index in [1.54, 1.807) is 6.07 Å². The van der Waals surface area contributed by atoms with Crippen LogP contribution in [-0.2, 0) is 17.8 Å². The summed E-state index contributed by atoms with van der Waals surface area (Å²) in [7, 11) is 0. The summed E-state index contributed by atoms with van der Waals surface area (Å²) in [6.07, 6.45) is 3.27. The van der Waals surface area contributed by atoms with Gasteiger partial charge in [-0.15, -0.1) is 0 Å².